The Hall–Kier alpha value is -1.63. The van der Waals surface area contributed by atoms with Crippen LogP contribution >= 0.6 is 24.8 Å². The SMILES string of the molecule is CC1NCCCC1NC(=O)c1cc(-c2cccnc2)on1.Cl.Cl. The minimum atomic E-state index is -0.200. The zero-order valence-corrected chi connectivity index (χ0v) is 14.3. The Balaban J connectivity index is 0.00000132. The molecule has 2 aromatic rings. The summed E-state index contributed by atoms with van der Waals surface area (Å²) in [5.41, 5.74) is 1.10. The van der Waals surface area contributed by atoms with Crippen LogP contribution in [0.2, 0.25) is 0 Å². The van der Waals surface area contributed by atoms with Crippen molar-refractivity contribution in [1.29, 1.82) is 0 Å². The van der Waals surface area contributed by atoms with E-state index in [-0.39, 0.29) is 42.8 Å². The number of hydrogen-bond acceptors (Lipinski definition) is 5. The van der Waals surface area contributed by atoms with Crippen molar-refractivity contribution < 1.29 is 9.32 Å². The number of halogens is 2. The Bertz CT molecular complexity index is 621. The third-order valence-corrected chi connectivity index (χ3v) is 3.77. The van der Waals surface area contributed by atoms with Gasteiger partial charge in [-0.25, -0.2) is 0 Å². The summed E-state index contributed by atoms with van der Waals surface area (Å²) in [4.78, 5) is 16.2. The normalized spacial score (nSPS) is 20.0. The van der Waals surface area contributed by atoms with Crippen LogP contribution in [0.3, 0.4) is 0 Å². The van der Waals surface area contributed by atoms with Crippen LogP contribution in [0.15, 0.2) is 35.1 Å². The maximum atomic E-state index is 12.2. The molecule has 2 aromatic heterocycles. The third kappa shape index (κ3) is 4.67. The Morgan fingerprint density at radius 3 is 2.96 bits per heavy atom. The fraction of sp³-hybridized carbons (Fsp3) is 0.400. The maximum absolute atomic E-state index is 12.2. The molecule has 0 aromatic carbocycles. The highest BCUT2D eigenvalue weighted by atomic mass is 35.5. The minimum Gasteiger partial charge on any atom is -0.355 e. The van der Waals surface area contributed by atoms with Crippen molar-refractivity contribution in [2.24, 2.45) is 0 Å². The van der Waals surface area contributed by atoms with Crippen LogP contribution in [-0.2, 0) is 0 Å². The number of rotatable bonds is 3. The van der Waals surface area contributed by atoms with Crippen LogP contribution in [0.1, 0.15) is 30.3 Å². The second-order valence-corrected chi connectivity index (χ2v) is 5.28. The van der Waals surface area contributed by atoms with Crippen LogP contribution in [0.5, 0.6) is 0 Å². The molecule has 2 unspecified atom stereocenters. The van der Waals surface area contributed by atoms with Gasteiger partial charge in [0.05, 0.1) is 0 Å². The molecule has 23 heavy (non-hydrogen) atoms. The Labute approximate surface area is 147 Å². The second kappa shape index (κ2) is 8.86. The summed E-state index contributed by atoms with van der Waals surface area (Å²) in [6.07, 6.45) is 5.41. The number of nitrogens with zero attached hydrogens (tertiary/aromatic N) is 2. The van der Waals surface area contributed by atoms with Crippen molar-refractivity contribution in [3.05, 3.63) is 36.3 Å². The van der Waals surface area contributed by atoms with Gasteiger partial charge in [0.2, 0.25) is 0 Å². The van der Waals surface area contributed by atoms with Crippen LogP contribution in [0.25, 0.3) is 11.3 Å². The van der Waals surface area contributed by atoms with E-state index in [0.29, 0.717) is 11.5 Å². The predicted molar refractivity (Wildman–Crippen MR) is 92.2 cm³/mol. The van der Waals surface area contributed by atoms with Crippen molar-refractivity contribution in [2.75, 3.05) is 6.54 Å². The molecule has 8 heteroatoms. The summed E-state index contributed by atoms with van der Waals surface area (Å²) in [5, 5.41) is 10.2. The minimum absolute atomic E-state index is 0. The molecule has 1 fully saturated rings. The first-order chi connectivity index (χ1) is 10.2. The summed E-state index contributed by atoms with van der Waals surface area (Å²) in [5.74, 6) is 0.345. The fourth-order valence-electron chi connectivity index (χ4n) is 2.51. The molecular formula is C15H20Cl2N4O2. The van der Waals surface area contributed by atoms with Gasteiger partial charge in [0, 0.05) is 36.1 Å². The first kappa shape index (κ1) is 19.4. The fourth-order valence-corrected chi connectivity index (χ4v) is 2.51. The van der Waals surface area contributed by atoms with Gasteiger partial charge < -0.3 is 15.2 Å². The Morgan fingerprint density at radius 1 is 1.43 bits per heavy atom. The molecule has 126 valence electrons. The van der Waals surface area contributed by atoms with E-state index in [1.54, 1.807) is 18.5 Å². The van der Waals surface area contributed by atoms with Gasteiger partial charge in [-0.3, -0.25) is 9.78 Å². The van der Waals surface area contributed by atoms with E-state index >= 15 is 0 Å². The second-order valence-electron chi connectivity index (χ2n) is 5.28. The number of nitrogens with one attached hydrogen (secondary N) is 2. The molecule has 1 aliphatic heterocycles. The molecule has 0 aliphatic carbocycles. The molecule has 0 bridgehead atoms. The van der Waals surface area contributed by atoms with Crippen LogP contribution in [0, 0.1) is 0 Å². The van der Waals surface area contributed by atoms with Gasteiger partial charge in [-0.1, -0.05) is 5.16 Å². The highest BCUT2D eigenvalue weighted by molar-refractivity contribution is 5.93. The smallest absolute Gasteiger partial charge is 0.273 e. The zero-order chi connectivity index (χ0) is 14.7. The number of aromatic nitrogens is 2. The van der Waals surface area contributed by atoms with Gasteiger partial charge in [-0.15, -0.1) is 24.8 Å². The molecule has 0 saturated carbocycles. The zero-order valence-electron chi connectivity index (χ0n) is 12.7. The highest BCUT2D eigenvalue weighted by Gasteiger charge is 2.24. The molecular weight excluding hydrogens is 339 g/mol. The van der Waals surface area contributed by atoms with Crippen molar-refractivity contribution >= 4 is 30.7 Å². The molecule has 1 aliphatic rings. The predicted octanol–water partition coefficient (Wildman–Crippen LogP) is 2.45. The lowest BCUT2D eigenvalue weighted by Crippen LogP contribution is -2.51. The van der Waals surface area contributed by atoms with E-state index < -0.39 is 0 Å². The summed E-state index contributed by atoms with van der Waals surface area (Å²) in [6.45, 7) is 3.08. The Morgan fingerprint density at radius 2 is 2.26 bits per heavy atom. The lowest BCUT2D eigenvalue weighted by atomic mass is 10.00. The topological polar surface area (TPSA) is 80.0 Å². The molecule has 2 N–H and O–H groups in total. The van der Waals surface area contributed by atoms with E-state index in [9.17, 15) is 4.79 Å². The number of amides is 1. The molecule has 3 rings (SSSR count). The summed E-state index contributed by atoms with van der Waals surface area (Å²) < 4.78 is 5.22. The van der Waals surface area contributed by atoms with Gasteiger partial charge >= 0.3 is 0 Å². The average molecular weight is 359 g/mol. The van der Waals surface area contributed by atoms with Gasteiger partial charge in [-0.2, -0.15) is 0 Å². The highest BCUT2D eigenvalue weighted by Crippen LogP contribution is 2.19. The number of pyridine rings is 1. The monoisotopic (exact) mass is 358 g/mol. The number of carbonyl (C=O) groups is 1. The van der Waals surface area contributed by atoms with Crippen molar-refractivity contribution in [3.8, 4) is 11.3 Å². The van der Waals surface area contributed by atoms with Crippen molar-refractivity contribution in [3.63, 3.8) is 0 Å². The Kier molecular flexibility index (Phi) is 7.48. The van der Waals surface area contributed by atoms with Crippen molar-refractivity contribution in [2.45, 2.75) is 31.8 Å². The third-order valence-electron chi connectivity index (χ3n) is 3.77. The van der Waals surface area contributed by atoms with E-state index in [2.05, 4.69) is 27.7 Å². The quantitative estimate of drug-likeness (QED) is 0.880. The van der Waals surface area contributed by atoms with Crippen LogP contribution in [-0.4, -0.2) is 34.7 Å². The van der Waals surface area contributed by atoms with Gasteiger partial charge in [-0.05, 0) is 38.4 Å². The first-order valence-electron chi connectivity index (χ1n) is 7.15. The van der Waals surface area contributed by atoms with Gasteiger partial charge in [0.15, 0.2) is 11.5 Å². The largest absolute Gasteiger partial charge is 0.355 e. The van der Waals surface area contributed by atoms with Gasteiger partial charge in [0.25, 0.3) is 5.91 Å². The van der Waals surface area contributed by atoms with E-state index in [1.165, 1.54) is 0 Å². The van der Waals surface area contributed by atoms with Crippen LogP contribution < -0.4 is 10.6 Å². The van der Waals surface area contributed by atoms with E-state index in [0.717, 1.165) is 24.9 Å². The van der Waals surface area contributed by atoms with Gasteiger partial charge in [0.1, 0.15) is 0 Å². The molecule has 0 spiro atoms. The molecule has 0 radical (unpaired) electrons. The standard InChI is InChI=1S/C15H18N4O2.2ClH/c1-10-12(5-3-7-17-10)18-15(20)13-8-14(21-19-13)11-4-2-6-16-9-11;;/h2,4,6,8-10,12,17H,3,5,7H2,1H3,(H,18,20);2*1H. The molecule has 3 heterocycles. The van der Waals surface area contributed by atoms with E-state index in [4.69, 9.17) is 4.52 Å². The summed E-state index contributed by atoms with van der Waals surface area (Å²) in [7, 11) is 0. The van der Waals surface area contributed by atoms with E-state index in [1.807, 2.05) is 12.1 Å². The average Bonchev–Trinajstić information content (AvgIpc) is 3.00. The summed E-state index contributed by atoms with van der Waals surface area (Å²) in [6, 6.07) is 5.72. The lowest BCUT2D eigenvalue weighted by molar-refractivity contribution is 0.0910. The number of hydrogen-bond donors (Lipinski definition) is 2. The van der Waals surface area contributed by atoms with Crippen molar-refractivity contribution in [1.82, 2.24) is 20.8 Å². The molecule has 2 atom stereocenters. The summed E-state index contributed by atoms with van der Waals surface area (Å²) >= 11 is 0. The molecule has 1 saturated heterocycles. The maximum Gasteiger partial charge on any atom is 0.273 e. The lowest BCUT2D eigenvalue weighted by Gasteiger charge is -2.30. The number of carbonyl (C=O) groups excluding carboxylic acids is 1. The number of piperidine rings is 1. The molecule has 1 amide bonds. The first-order valence-corrected chi connectivity index (χ1v) is 7.15. The molecule has 6 nitrogen and oxygen atoms in total. The van der Waals surface area contributed by atoms with Crippen LogP contribution in [0.4, 0.5) is 0 Å².